The summed E-state index contributed by atoms with van der Waals surface area (Å²) in [7, 11) is 0. The van der Waals surface area contributed by atoms with E-state index in [2.05, 4.69) is 43.4 Å². The van der Waals surface area contributed by atoms with Crippen LogP contribution in [0.5, 0.6) is 0 Å². The molecule has 0 bridgehead atoms. The van der Waals surface area contributed by atoms with E-state index in [0.29, 0.717) is 6.04 Å². The molecule has 1 aromatic rings. The van der Waals surface area contributed by atoms with Gasteiger partial charge in [-0.2, -0.15) is 0 Å². The molecule has 0 spiro atoms. The lowest BCUT2D eigenvalue weighted by Gasteiger charge is -2.27. The van der Waals surface area contributed by atoms with Crippen molar-refractivity contribution in [1.82, 2.24) is 5.32 Å². The summed E-state index contributed by atoms with van der Waals surface area (Å²) in [6.07, 6.45) is 2.30. The van der Waals surface area contributed by atoms with Gasteiger partial charge in [-0.05, 0) is 44.7 Å². The average molecular weight is 233 g/mol. The number of benzene rings is 1. The molecular formula is C15H23NO. The molecule has 0 saturated heterocycles. The molecule has 0 radical (unpaired) electrons. The Morgan fingerprint density at radius 2 is 1.82 bits per heavy atom. The molecule has 0 aromatic heterocycles. The standard InChI is InChI=1S/C15H23NO/c1-4-17-15(2,3)11-16-14-9-12-7-5-6-8-13(12)10-14/h5-8,14,16H,4,9-11H2,1-3H3. The summed E-state index contributed by atoms with van der Waals surface area (Å²) >= 11 is 0. The average Bonchev–Trinajstić information content (AvgIpc) is 2.69. The van der Waals surface area contributed by atoms with Crippen molar-refractivity contribution in [2.45, 2.75) is 45.3 Å². The van der Waals surface area contributed by atoms with Crippen LogP contribution < -0.4 is 5.32 Å². The number of ether oxygens (including phenoxy) is 1. The van der Waals surface area contributed by atoms with Crippen molar-refractivity contribution in [1.29, 1.82) is 0 Å². The third-order valence-electron chi connectivity index (χ3n) is 3.40. The molecule has 2 nitrogen and oxygen atoms in total. The summed E-state index contributed by atoms with van der Waals surface area (Å²) in [5, 5.41) is 3.63. The third kappa shape index (κ3) is 3.30. The SMILES string of the molecule is CCOC(C)(C)CNC1Cc2ccccc2C1. The normalized spacial score (nSPS) is 16.2. The maximum Gasteiger partial charge on any atom is 0.0750 e. The van der Waals surface area contributed by atoms with E-state index in [1.54, 1.807) is 0 Å². The van der Waals surface area contributed by atoms with Crippen LogP contribution in [0.15, 0.2) is 24.3 Å². The van der Waals surface area contributed by atoms with Crippen molar-refractivity contribution in [2.75, 3.05) is 13.2 Å². The fourth-order valence-electron chi connectivity index (χ4n) is 2.54. The maximum atomic E-state index is 5.70. The monoisotopic (exact) mass is 233 g/mol. The van der Waals surface area contributed by atoms with Crippen LogP contribution in [-0.4, -0.2) is 24.8 Å². The Bertz CT molecular complexity index is 348. The van der Waals surface area contributed by atoms with E-state index in [0.717, 1.165) is 26.0 Å². The van der Waals surface area contributed by atoms with Gasteiger partial charge in [0.1, 0.15) is 0 Å². The molecule has 0 unspecified atom stereocenters. The van der Waals surface area contributed by atoms with Gasteiger partial charge in [-0.3, -0.25) is 0 Å². The van der Waals surface area contributed by atoms with Gasteiger partial charge >= 0.3 is 0 Å². The van der Waals surface area contributed by atoms with Crippen LogP contribution in [0.1, 0.15) is 31.9 Å². The molecule has 17 heavy (non-hydrogen) atoms. The molecular weight excluding hydrogens is 210 g/mol. The number of fused-ring (bicyclic) bond motifs is 1. The Morgan fingerprint density at radius 3 is 2.35 bits per heavy atom. The first kappa shape index (κ1) is 12.6. The van der Waals surface area contributed by atoms with Gasteiger partial charge in [0.05, 0.1) is 5.60 Å². The molecule has 0 aliphatic heterocycles. The van der Waals surface area contributed by atoms with Crippen molar-refractivity contribution in [3.63, 3.8) is 0 Å². The lowest BCUT2D eigenvalue weighted by atomic mass is 10.1. The van der Waals surface area contributed by atoms with Crippen molar-refractivity contribution >= 4 is 0 Å². The van der Waals surface area contributed by atoms with Crippen molar-refractivity contribution < 1.29 is 4.74 Å². The summed E-state index contributed by atoms with van der Waals surface area (Å²) in [5.74, 6) is 0. The van der Waals surface area contributed by atoms with E-state index in [1.807, 2.05) is 6.92 Å². The van der Waals surface area contributed by atoms with Gasteiger partial charge in [-0.1, -0.05) is 24.3 Å². The molecule has 94 valence electrons. The quantitative estimate of drug-likeness (QED) is 0.844. The fraction of sp³-hybridized carbons (Fsp3) is 0.600. The van der Waals surface area contributed by atoms with Crippen molar-refractivity contribution in [3.05, 3.63) is 35.4 Å². The molecule has 0 amide bonds. The lowest BCUT2D eigenvalue weighted by Crippen LogP contribution is -2.42. The van der Waals surface area contributed by atoms with E-state index in [9.17, 15) is 0 Å². The van der Waals surface area contributed by atoms with Crippen LogP contribution in [0.3, 0.4) is 0 Å². The molecule has 2 heteroatoms. The minimum Gasteiger partial charge on any atom is -0.375 e. The molecule has 0 heterocycles. The molecule has 0 saturated carbocycles. The van der Waals surface area contributed by atoms with Gasteiger partial charge in [0.25, 0.3) is 0 Å². The topological polar surface area (TPSA) is 21.3 Å². The fourth-order valence-corrected chi connectivity index (χ4v) is 2.54. The Kier molecular flexibility index (Phi) is 3.85. The second-order valence-corrected chi connectivity index (χ2v) is 5.45. The summed E-state index contributed by atoms with van der Waals surface area (Å²) in [6.45, 7) is 8.03. The zero-order valence-electron chi connectivity index (χ0n) is 11.1. The second-order valence-electron chi connectivity index (χ2n) is 5.45. The van der Waals surface area contributed by atoms with Crippen LogP contribution in [0, 0.1) is 0 Å². The predicted octanol–water partition coefficient (Wildman–Crippen LogP) is 2.56. The lowest BCUT2D eigenvalue weighted by molar-refractivity contribution is -0.0104. The van der Waals surface area contributed by atoms with E-state index < -0.39 is 0 Å². The molecule has 2 rings (SSSR count). The smallest absolute Gasteiger partial charge is 0.0750 e. The highest BCUT2D eigenvalue weighted by Gasteiger charge is 2.24. The van der Waals surface area contributed by atoms with Crippen molar-refractivity contribution in [3.8, 4) is 0 Å². The van der Waals surface area contributed by atoms with Gasteiger partial charge in [-0.15, -0.1) is 0 Å². The zero-order chi connectivity index (χ0) is 12.3. The Morgan fingerprint density at radius 1 is 1.24 bits per heavy atom. The van der Waals surface area contributed by atoms with Crippen LogP contribution in [0.4, 0.5) is 0 Å². The minimum atomic E-state index is -0.0659. The first-order chi connectivity index (χ1) is 8.11. The first-order valence-corrected chi connectivity index (χ1v) is 6.55. The zero-order valence-corrected chi connectivity index (χ0v) is 11.1. The molecule has 1 aliphatic carbocycles. The minimum absolute atomic E-state index is 0.0659. The van der Waals surface area contributed by atoms with E-state index in [1.165, 1.54) is 11.1 Å². The molecule has 1 aliphatic rings. The Balaban J connectivity index is 1.84. The number of hydrogen-bond donors (Lipinski definition) is 1. The van der Waals surface area contributed by atoms with E-state index >= 15 is 0 Å². The highest BCUT2D eigenvalue weighted by molar-refractivity contribution is 5.33. The number of nitrogens with one attached hydrogen (secondary N) is 1. The molecule has 1 N–H and O–H groups in total. The Labute approximate surface area is 104 Å². The Hall–Kier alpha value is -0.860. The van der Waals surface area contributed by atoms with Gasteiger partial charge in [-0.25, -0.2) is 0 Å². The maximum absolute atomic E-state index is 5.70. The molecule has 1 aromatic carbocycles. The summed E-state index contributed by atoms with van der Waals surface area (Å²) in [5.41, 5.74) is 2.93. The van der Waals surface area contributed by atoms with Crippen molar-refractivity contribution in [2.24, 2.45) is 0 Å². The summed E-state index contributed by atoms with van der Waals surface area (Å²) < 4.78 is 5.70. The van der Waals surface area contributed by atoms with Gasteiger partial charge in [0, 0.05) is 19.2 Å². The van der Waals surface area contributed by atoms with Crippen LogP contribution >= 0.6 is 0 Å². The molecule has 0 fully saturated rings. The predicted molar refractivity (Wildman–Crippen MR) is 71.3 cm³/mol. The number of rotatable bonds is 5. The van der Waals surface area contributed by atoms with Crippen LogP contribution in [0.25, 0.3) is 0 Å². The van der Waals surface area contributed by atoms with E-state index in [4.69, 9.17) is 4.74 Å². The van der Waals surface area contributed by atoms with Gasteiger partial charge < -0.3 is 10.1 Å². The van der Waals surface area contributed by atoms with Gasteiger partial charge in [0.2, 0.25) is 0 Å². The molecule has 0 atom stereocenters. The van der Waals surface area contributed by atoms with Crippen LogP contribution in [-0.2, 0) is 17.6 Å². The second kappa shape index (κ2) is 5.19. The number of hydrogen-bond acceptors (Lipinski definition) is 2. The van der Waals surface area contributed by atoms with Crippen LogP contribution in [0.2, 0.25) is 0 Å². The van der Waals surface area contributed by atoms with Gasteiger partial charge in [0.15, 0.2) is 0 Å². The summed E-state index contributed by atoms with van der Waals surface area (Å²) in [6, 6.07) is 9.32. The highest BCUT2D eigenvalue weighted by atomic mass is 16.5. The highest BCUT2D eigenvalue weighted by Crippen LogP contribution is 2.22. The summed E-state index contributed by atoms with van der Waals surface area (Å²) in [4.78, 5) is 0. The largest absolute Gasteiger partial charge is 0.375 e. The van der Waals surface area contributed by atoms with E-state index in [-0.39, 0.29) is 5.60 Å². The first-order valence-electron chi connectivity index (χ1n) is 6.55. The third-order valence-corrected chi connectivity index (χ3v) is 3.40.